The van der Waals surface area contributed by atoms with Gasteiger partial charge in [-0.3, -0.25) is 0 Å². The topological polar surface area (TPSA) is 28.7 Å². The van der Waals surface area contributed by atoms with Crippen molar-refractivity contribution in [2.75, 3.05) is 0 Å². The molecule has 0 fully saturated rings. The lowest BCUT2D eigenvalue weighted by Crippen LogP contribution is -1.72. The Morgan fingerprint density at radius 1 is 1.15 bits per heavy atom. The van der Waals surface area contributed by atoms with Crippen molar-refractivity contribution in [3.05, 3.63) is 23.8 Å². The summed E-state index contributed by atoms with van der Waals surface area (Å²) in [5.74, 6) is 0.947. The Morgan fingerprint density at radius 2 is 1.62 bits per heavy atom. The van der Waals surface area contributed by atoms with Crippen LogP contribution in [0.15, 0.2) is 6.58 Å². The van der Waals surface area contributed by atoms with Crippen LogP contribution in [0, 0.1) is 13.8 Å². The number of aryl methyl sites for hydroxylation is 2. The largest absolute Gasteiger partial charge is 0.346 e. The van der Waals surface area contributed by atoms with Gasteiger partial charge >= 0.3 is 0 Å². The molecule has 13 heavy (non-hydrogen) atoms. The maximum absolute atomic E-state index is 4.16. The molecule has 1 aromatic rings. The zero-order valence-corrected chi connectivity index (χ0v) is 9.73. The van der Waals surface area contributed by atoms with Gasteiger partial charge in [0.2, 0.25) is 0 Å². The second kappa shape index (κ2) is 9.04. The van der Waals surface area contributed by atoms with E-state index in [0.717, 1.165) is 17.2 Å². The number of nitrogens with zero attached hydrogens (tertiary/aromatic N) is 1. The Balaban J connectivity index is 0. The number of aromatic nitrogens is 2. The number of hydrogen-bond donors (Lipinski definition) is 1. The highest BCUT2D eigenvalue weighted by atomic mass is 14.9. The van der Waals surface area contributed by atoms with Crippen molar-refractivity contribution in [2.24, 2.45) is 0 Å². The summed E-state index contributed by atoms with van der Waals surface area (Å²) in [5.41, 5.74) is 2.04. The molecule has 0 saturated heterocycles. The fraction of sp³-hybridized carbons (Fsp3) is 0.545. The van der Waals surface area contributed by atoms with Gasteiger partial charge in [-0.05, 0) is 19.9 Å². The van der Waals surface area contributed by atoms with E-state index in [2.05, 4.69) is 16.5 Å². The van der Waals surface area contributed by atoms with E-state index in [9.17, 15) is 0 Å². The molecule has 0 aliphatic carbocycles. The molecule has 0 aliphatic rings. The lowest BCUT2D eigenvalue weighted by Gasteiger charge is -1.81. The molecule has 0 amide bonds. The van der Waals surface area contributed by atoms with Gasteiger partial charge in [-0.15, -0.1) is 0 Å². The summed E-state index contributed by atoms with van der Waals surface area (Å²) in [5, 5.41) is 0. The molecule has 0 spiro atoms. The van der Waals surface area contributed by atoms with Crippen LogP contribution in [0.2, 0.25) is 0 Å². The summed E-state index contributed by atoms with van der Waals surface area (Å²) in [6.07, 6.45) is 1.75. The Labute approximate surface area is 82.1 Å². The van der Waals surface area contributed by atoms with Gasteiger partial charge in [0.05, 0.1) is 5.69 Å². The zero-order valence-electron chi connectivity index (χ0n) is 9.73. The van der Waals surface area contributed by atoms with Crippen LogP contribution < -0.4 is 0 Å². The van der Waals surface area contributed by atoms with E-state index in [-0.39, 0.29) is 0 Å². The van der Waals surface area contributed by atoms with E-state index in [1.807, 2.05) is 41.5 Å². The van der Waals surface area contributed by atoms with E-state index < -0.39 is 0 Å². The standard InChI is InChI=1S/C7H10N2.2C2H6/c1-4-7-5(2)8-6(3)9-7;2*1-2/h4H,1H2,2-3H3,(H,8,9);2*1-2H3. The zero-order chi connectivity index (χ0) is 10.9. The number of nitrogens with one attached hydrogen (secondary N) is 1. The molecular formula is C11H22N2. The molecule has 2 nitrogen and oxygen atoms in total. The number of hydrogen-bond acceptors (Lipinski definition) is 1. The van der Waals surface area contributed by atoms with Crippen molar-refractivity contribution >= 4 is 6.08 Å². The molecule has 0 aliphatic heterocycles. The monoisotopic (exact) mass is 182 g/mol. The van der Waals surface area contributed by atoms with Crippen LogP contribution in [0.1, 0.15) is 44.9 Å². The van der Waals surface area contributed by atoms with Crippen molar-refractivity contribution in [3.8, 4) is 0 Å². The molecule has 0 aromatic carbocycles. The highest BCUT2D eigenvalue weighted by Crippen LogP contribution is 2.03. The predicted molar refractivity (Wildman–Crippen MR) is 60.8 cm³/mol. The van der Waals surface area contributed by atoms with Gasteiger partial charge in [0, 0.05) is 5.69 Å². The third kappa shape index (κ3) is 5.23. The van der Waals surface area contributed by atoms with Gasteiger partial charge in [-0.2, -0.15) is 0 Å². The van der Waals surface area contributed by atoms with Gasteiger partial charge in [-0.1, -0.05) is 34.3 Å². The van der Waals surface area contributed by atoms with Crippen molar-refractivity contribution in [1.82, 2.24) is 9.97 Å². The first-order chi connectivity index (χ1) is 6.24. The molecule has 0 saturated carbocycles. The van der Waals surface area contributed by atoms with Crippen LogP contribution in [0.5, 0.6) is 0 Å². The second-order valence-corrected chi connectivity index (χ2v) is 2.04. The predicted octanol–water partition coefficient (Wildman–Crippen LogP) is 3.72. The average Bonchev–Trinajstić information content (AvgIpc) is 2.51. The van der Waals surface area contributed by atoms with Crippen LogP contribution in [0.4, 0.5) is 0 Å². The molecule has 0 bridgehead atoms. The minimum atomic E-state index is 0.947. The van der Waals surface area contributed by atoms with Crippen molar-refractivity contribution in [3.63, 3.8) is 0 Å². The van der Waals surface area contributed by atoms with E-state index in [0.29, 0.717) is 0 Å². The first kappa shape index (κ1) is 14.5. The third-order valence-electron chi connectivity index (χ3n) is 1.23. The summed E-state index contributed by atoms with van der Waals surface area (Å²) >= 11 is 0. The SMILES string of the molecule is C=Cc1nc(C)[nH]c1C.CC.CC. The van der Waals surface area contributed by atoms with Crippen molar-refractivity contribution in [2.45, 2.75) is 41.5 Å². The third-order valence-corrected chi connectivity index (χ3v) is 1.23. The molecule has 1 N–H and O–H groups in total. The van der Waals surface area contributed by atoms with Gasteiger partial charge in [-0.25, -0.2) is 4.98 Å². The quantitative estimate of drug-likeness (QED) is 0.704. The Morgan fingerprint density at radius 3 is 1.77 bits per heavy atom. The summed E-state index contributed by atoms with van der Waals surface area (Å²) in [4.78, 5) is 7.23. The fourth-order valence-corrected chi connectivity index (χ4v) is 0.827. The molecular weight excluding hydrogens is 160 g/mol. The fourth-order valence-electron chi connectivity index (χ4n) is 0.827. The lowest BCUT2D eigenvalue weighted by atomic mass is 10.3. The molecule has 1 aromatic heterocycles. The Bertz CT molecular complexity index is 224. The summed E-state index contributed by atoms with van der Waals surface area (Å²) in [7, 11) is 0. The van der Waals surface area contributed by atoms with Crippen LogP contribution in [0.25, 0.3) is 6.08 Å². The Kier molecular flexibility index (Phi) is 10.1. The number of H-pyrrole nitrogens is 1. The molecule has 1 rings (SSSR count). The van der Waals surface area contributed by atoms with Crippen LogP contribution in [0.3, 0.4) is 0 Å². The smallest absolute Gasteiger partial charge is 0.103 e. The van der Waals surface area contributed by atoms with Crippen molar-refractivity contribution < 1.29 is 0 Å². The molecule has 1 heterocycles. The molecule has 76 valence electrons. The van der Waals surface area contributed by atoms with E-state index in [1.165, 1.54) is 0 Å². The molecule has 0 radical (unpaired) electrons. The summed E-state index contributed by atoms with van der Waals surface area (Å²) in [6.45, 7) is 15.5. The van der Waals surface area contributed by atoms with Gasteiger partial charge in [0.15, 0.2) is 0 Å². The van der Waals surface area contributed by atoms with E-state index in [4.69, 9.17) is 0 Å². The highest BCUT2D eigenvalue weighted by Gasteiger charge is 1.96. The first-order valence-electron chi connectivity index (χ1n) is 4.89. The highest BCUT2D eigenvalue weighted by molar-refractivity contribution is 5.44. The van der Waals surface area contributed by atoms with Crippen LogP contribution >= 0.6 is 0 Å². The lowest BCUT2D eigenvalue weighted by molar-refractivity contribution is 1.13. The number of rotatable bonds is 1. The van der Waals surface area contributed by atoms with E-state index >= 15 is 0 Å². The molecule has 0 atom stereocenters. The first-order valence-corrected chi connectivity index (χ1v) is 4.89. The van der Waals surface area contributed by atoms with Crippen LogP contribution in [-0.4, -0.2) is 9.97 Å². The minimum absolute atomic E-state index is 0.947. The Hall–Kier alpha value is -1.05. The maximum Gasteiger partial charge on any atom is 0.103 e. The summed E-state index contributed by atoms with van der Waals surface area (Å²) < 4.78 is 0. The second-order valence-electron chi connectivity index (χ2n) is 2.04. The van der Waals surface area contributed by atoms with Crippen LogP contribution in [-0.2, 0) is 0 Å². The van der Waals surface area contributed by atoms with Gasteiger partial charge in [0.1, 0.15) is 5.82 Å². The molecule has 2 heteroatoms. The normalized spacial score (nSPS) is 7.54. The summed E-state index contributed by atoms with van der Waals surface area (Å²) in [6, 6.07) is 0. The number of imidazole rings is 1. The maximum atomic E-state index is 4.16. The van der Waals surface area contributed by atoms with E-state index in [1.54, 1.807) is 6.08 Å². The minimum Gasteiger partial charge on any atom is -0.346 e. The molecule has 0 unspecified atom stereocenters. The average molecular weight is 182 g/mol. The van der Waals surface area contributed by atoms with Gasteiger partial charge in [0.25, 0.3) is 0 Å². The van der Waals surface area contributed by atoms with Crippen molar-refractivity contribution in [1.29, 1.82) is 0 Å². The number of aromatic amines is 1. The van der Waals surface area contributed by atoms with Gasteiger partial charge < -0.3 is 4.98 Å².